The lowest BCUT2D eigenvalue weighted by Gasteiger charge is -2.25. The molecular weight excluding hydrogens is 368 g/mol. The van der Waals surface area contributed by atoms with Crippen molar-refractivity contribution in [3.63, 3.8) is 0 Å². The van der Waals surface area contributed by atoms with Crippen molar-refractivity contribution in [1.29, 1.82) is 0 Å². The van der Waals surface area contributed by atoms with E-state index in [0.29, 0.717) is 32.7 Å². The topological polar surface area (TPSA) is 67.9 Å². The summed E-state index contributed by atoms with van der Waals surface area (Å²) in [5, 5.41) is 2.98. The lowest BCUT2D eigenvalue weighted by Crippen LogP contribution is -2.34. The van der Waals surface area contributed by atoms with Gasteiger partial charge in [0.1, 0.15) is 13.2 Å². The molecule has 0 bridgehead atoms. The summed E-state index contributed by atoms with van der Waals surface area (Å²) in [6.07, 6.45) is 0.972. The highest BCUT2D eigenvalue weighted by Crippen LogP contribution is 2.31. The van der Waals surface area contributed by atoms with Gasteiger partial charge in [0.25, 0.3) is 0 Å². The Labute approximate surface area is 170 Å². The van der Waals surface area contributed by atoms with E-state index < -0.39 is 0 Å². The molecule has 2 aliphatic rings. The van der Waals surface area contributed by atoms with Gasteiger partial charge in [-0.3, -0.25) is 9.59 Å². The maximum atomic E-state index is 12.6. The molecule has 6 heteroatoms. The van der Waals surface area contributed by atoms with Gasteiger partial charge in [-0.05, 0) is 36.6 Å². The zero-order chi connectivity index (χ0) is 20.2. The zero-order valence-corrected chi connectivity index (χ0v) is 16.6. The van der Waals surface area contributed by atoms with E-state index in [9.17, 15) is 9.59 Å². The Morgan fingerprint density at radius 1 is 1.14 bits per heavy atom. The van der Waals surface area contributed by atoms with Gasteiger partial charge in [0.15, 0.2) is 11.5 Å². The number of rotatable bonds is 6. The van der Waals surface area contributed by atoms with Crippen molar-refractivity contribution < 1.29 is 19.1 Å². The number of fused-ring (bicyclic) bond motifs is 1. The molecule has 2 heterocycles. The highest BCUT2D eigenvalue weighted by molar-refractivity contribution is 5.89. The molecule has 0 aromatic heterocycles. The second-order valence-corrected chi connectivity index (χ2v) is 7.55. The average molecular weight is 394 g/mol. The van der Waals surface area contributed by atoms with E-state index in [1.165, 1.54) is 0 Å². The summed E-state index contributed by atoms with van der Waals surface area (Å²) in [5.41, 5.74) is 2.16. The van der Waals surface area contributed by atoms with Gasteiger partial charge in [-0.15, -0.1) is 0 Å². The molecule has 2 aliphatic heterocycles. The van der Waals surface area contributed by atoms with Crippen LogP contribution in [-0.4, -0.2) is 43.0 Å². The quantitative estimate of drug-likeness (QED) is 0.818. The number of benzene rings is 2. The van der Waals surface area contributed by atoms with Gasteiger partial charge in [0.05, 0.1) is 12.0 Å². The van der Waals surface area contributed by atoms with Gasteiger partial charge in [-0.25, -0.2) is 0 Å². The molecule has 0 aliphatic carbocycles. The predicted molar refractivity (Wildman–Crippen MR) is 109 cm³/mol. The summed E-state index contributed by atoms with van der Waals surface area (Å²) >= 11 is 0. The molecule has 4 rings (SSSR count). The van der Waals surface area contributed by atoms with Gasteiger partial charge in [-0.2, -0.15) is 0 Å². The molecule has 0 radical (unpaired) electrons. The molecule has 2 aromatic carbocycles. The van der Waals surface area contributed by atoms with Crippen molar-refractivity contribution >= 4 is 11.8 Å². The molecule has 2 amide bonds. The second kappa shape index (κ2) is 8.55. The minimum Gasteiger partial charge on any atom is -0.486 e. The van der Waals surface area contributed by atoms with Gasteiger partial charge >= 0.3 is 0 Å². The third-order valence-electron chi connectivity index (χ3n) is 5.60. The van der Waals surface area contributed by atoms with Crippen LogP contribution in [0, 0.1) is 5.92 Å². The lowest BCUT2D eigenvalue weighted by atomic mass is 10.1. The van der Waals surface area contributed by atoms with E-state index in [4.69, 9.17) is 9.47 Å². The monoisotopic (exact) mass is 394 g/mol. The minimum absolute atomic E-state index is 0.0285. The molecule has 152 valence electrons. The van der Waals surface area contributed by atoms with E-state index in [1.54, 1.807) is 4.90 Å². The van der Waals surface area contributed by atoms with Crippen LogP contribution in [0.4, 0.5) is 0 Å². The second-order valence-electron chi connectivity index (χ2n) is 7.55. The number of likely N-dealkylation sites (tertiary alicyclic amines) is 1. The highest BCUT2D eigenvalue weighted by Gasteiger charge is 2.36. The zero-order valence-electron chi connectivity index (χ0n) is 16.6. The minimum atomic E-state index is -0.297. The number of hydrogen-bond donors (Lipinski definition) is 1. The summed E-state index contributed by atoms with van der Waals surface area (Å²) in [6.45, 7) is 4.13. The number of nitrogens with zero attached hydrogens (tertiary/aromatic N) is 1. The molecule has 0 spiro atoms. The van der Waals surface area contributed by atoms with Crippen molar-refractivity contribution in [1.82, 2.24) is 10.2 Å². The van der Waals surface area contributed by atoms with Crippen LogP contribution in [0.15, 0.2) is 48.5 Å². The van der Waals surface area contributed by atoms with Gasteiger partial charge < -0.3 is 19.7 Å². The smallest absolute Gasteiger partial charge is 0.225 e. The van der Waals surface area contributed by atoms with Crippen molar-refractivity contribution in [2.45, 2.75) is 25.8 Å². The summed E-state index contributed by atoms with van der Waals surface area (Å²) < 4.78 is 11.1. The average Bonchev–Trinajstić information content (AvgIpc) is 3.15. The first-order valence-electron chi connectivity index (χ1n) is 10.1. The predicted octanol–water partition coefficient (Wildman–Crippen LogP) is 2.73. The van der Waals surface area contributed by atoms with Gasteiger partial charge in [0.2, 0.25) is 11.8 Å². The van der Waals surface area contributed by atoms with Crippen LogP contribution in [0.5, 0.6) is 11.5 Å². The standard InChI is InChI=1S/C23H26N2O4/c1-16(18-5-3-2-4-6-18)25-15-19(14-22(25)26)23(27)24-10-9-17-7-8-20-21(13-17)29-12-11-28-20/h2-8,13,16,19H,9-12,14-15H2,1H3,(H,24,27)/t16-,19-/m0/s1. The Balaban J connectivity index is 1.28. The molecule has 1 saturated heterocycles. The molecule has 0 unspecified atom stereocenters. The highest BCUT2D eigenvalue weighted by atomic mass is 16.6. The Hall–Kier alpha value is -3.02. The number of nitrogens with one attached hydrogen (secondary N) is 1. The fraction of sp³-hybridized carbons (Fsp3) is 0.391. The fourth-order valence-electron chi connectivity index (χ4n) is 3.91. The maximum absolute atomic E-state index is 12.6. The number of amides is 2. The molecule has 0 saturated carbocycles. The van der Waals surface area contributed by atoms with Crippen molar-refractivity contribution in [3.05, 3.63) is 59.7 Å². The van der Waals surface area contributed by atoms with Crippen LogP contribution in [-0.2, 0) is 16.0 Å². The first-order valence-corrected chi connectivity index (χ1v) is 10.1. The molecule has 1 fully saturated rings. The Morgan fingerprint density at radius 2 is 1.90 bits per heavy atom. The fourth-order valence-corrected chi connectivity index (χ4v) is 3.91. The third kappa shape index (κ3) is 4.36. The third-order valence-corrected chi connectivity index (χ3v) is 5.60. The number of hydrogen-bond acceptors (Lipinski definition) is 4. The largest absolute Gasteiger partial charge is 0.486 e. The van der Waals surface area contributed by atoms with E-state index in [1.807, 2.05) is 55.5 Å². The SMILES string of the molecule is C[C@@H](c1ccccc1)N1C[C@@H](C(=O)NCCc2ccc3c(c2)OCCO3)CC1=O. The van der Waals surface area contributed by atoms with Crippen molar-refractivity contribution in [3.8, 4) is 11.5 Å². The first kappa shape index (κ1) is 19.3. The summed E-state index contributed by atoms with van der Waals surface area (Å²) in [4.78, 5) is 26.8. The summed E-state index contributed by atoms with van der Waals surface area (Å²) in [6, 6.07) is 15.7. The Kier molecular flexibility index (Phi) is 5.69. The van der Waals surface area contributed by atoms with Crippen LogP contribution >= 0.6 is 0 Å². The maximum Gasteiger partial charge on any atom is 0.225 e. The molecule has 6 nitrogen and oxygen atoms in total. The number of carbonyl (C=O) groups excluding carboxylic acids is 2. The number of ether oxygens (including phenoxy) is 2. The van der Waals surface area contributed by atoms with E-state index in [-0.39, 0.29) is 30.2 Å². The van der Waals surface area contributed by atoms with Crippen LogP contribution in [0.1, 0.15) is 30.5 Å². The molecule has 1 N–H and O–H groups in total. The van der Waals surface area contributed by atoms with Crippen LogP contribution in [0.3, 0.4) is 0 Å². The molecular formula is C23H26N2O4. The molecule has 2 aromatic rings. The van der Waals surface area contributed by atoms with Crippen LogP contribution in [0.2, 0.25) is 0 Å². The van der Waals surface area contributed by atoms with Crippen molar-refractivity contribution in [2.24, 2.45) is 5.92 Å². The van der Waals surface area contributed by atoms with Crippen LogP contribution < -0.4 is 14.8 Å². The van der Waals surface area contributed by atoms with E-state index >= 15 is 0 Å². The van der Waals surface area contributed by atoms with Gasteiger partial charge in [-0.1, -0.05) is 36.4 Å². The number of carbonyl (C=O) groups is 2. The lowest BCUT2D eigenvalue weighted by molar-refractivity contribution is -0.130. The van der Waals surface area contributed by atoms with Crippen molar-refractivity contribution in [2.75, 3.05) is 26.3 Å². The molecule has 2 atom stereocenters. The van der Waals surface area contributed by atoms with Crippen LogP contribution in [0.25, 0.3) is 0 Å². The van der Waals surface area contributed by atoms with E-state index in [2.05, 4.69) is 5.32 Å². The van der Waals surface area contributed by atoms with E-state index in [0.717, 1.165) is 22.6 Å². The summed E-state index contributed by atoms with van der Waals surface area (Å²) in [7, 11) is 0. The normalized spacial score (nSPS) is 19.1. The molecule has 29 heavy (non-hydrogen) atoms. The Bertz CT molecular complexity index is 884. The Morgan fingerprint density at radius 3 is 2.69 bits per heavy atom. The first-order chi connectivity index (χ1) is 14.1. The summed E-state index contributed by atoms with van der Waals surface area (Å²) in [5.74, 6) is 1.20. The van der Waals surface area contributed by atoms with Gasteiger partial charge in [0, 0.05) is 19.5 Å².